The van der Waals surface area contributed by atoms with Gasteiger partial charge in [0.25, 0.3) is 0 Å². The Labute approximate surface area is 80.6 Å². The van der Waals surface area contributed by atoms with E-state index in [2.05, 4.69) is 5.32 Å². The molecule has 1 aromatic carbocycles. The molecule has 0 unspecified atom stereocenters. The summed E-state index contributed by atoms with van der Waals surface area (Å²) >= 11 is 0. The number of hydrogen-bond acceptors (Lipinski definition) is 2. The fraction of sp³-hybridized carbons (Fsp3) is 0.400. The van der Waals surface area contributed by atoms with E-state index in [4.69, 9.17) is 0 Å². The number of benzene rings is 1. The molecule has 2 nitrogen and oxygen atoms in total. The highest BCUT2D eigenvalue weighted by molar-refractivity contribution is 5.23. The molecule has 0 aliphatic carbocycles. The molecule has 0 saturated carbocycles. The second-order valence-electron chi connectivity index (χ2n) is 3.52. The predicted octanol–water partition coefficient (Wildman–Crippen LogP) is 1.36. The van der Waals surface area contributed by atoms with Gasteiger partial charge >= 0.3 is 0 Å². The van der Waals surface area contributed by atoms with E-state index in [1.165, 1.54) is 6.07 Å². The Balaban J connectivity index is 2.27. The lowest BCUT2D eigenvalue weighted by Crippen LogP contribution is -2.15. The van der Waals surface area contributed by atoms with Crippen molar-refractivity contribution in [2.45, 2.75) is 18.6 Å². The summed E-state index contributed by atoms with van der Waals surface area (Å²) in [5.74, 6) is -0.886. The minimum Gasteiger partial charge on any atom is -0.392 e. The van der Waals surface area contributed by atoms with Crippen LogP contribution < -0.4 is 5.32 Å². The summed E-state index contributed by atoms with van der Waals surface area (Å²) in [5, 5.41) is 12.2. The first-order chi connectivity index (χ1) is 6.66. The Morgan fingerprint density at radius 3 is 2.79 bits per heavy atom. The first-order valence-electron chi connectivity index (χ1n) is 4.53. The molecule has 1 heterocycles. The standard InChI is InChI=1S/C10H11F2NO/c11-6-1-2-9(12)8(3-6)10-4-7(14)5-13-10/h1-3,7,10,13-14H,4-5H2/t7-,10+/m1/s1. The van der Waals surface area contributed by atoms with Crippen LogP contribution in [0.2, 0.25) is 0 Å². The second-order valence-corrected chi connectivity index (χ2v) is 3.52. The van der Waals surface area contributed by atoms with Gasteiger partial charge in [0.05, 0.1) is 6.10 Å². The quantitative estimate of drug-likeness (QED) is 0.715. The lowest BCUT2D eigenvalue weighted by atomic mass is 10.0. The van der Waals surface area contributed by atoms with Crippen LogP contribution in [0.1, 0.15) is 18.0 Å². The van der Waals surface area contributed by atoms with Crippen molar-refractivity contribution >= 4 is 0 Å². The molecule has 0 bridgehead atoms. The van der Waals surface area contributed by atoms with Crippen LogP contribution in [0, 0.1) is 11.6 Å². The molecule has 2 atom stereocenters. The average Bonchev–Trinajstić information content (AvgIpc) is 2.56. The van der Waals surface area contributed by atoms with Crippen molar-refractivity contribution in [2.75, 3.05) is 6.54 Å². The Hall–Kier alpha value is -1.00. The number of hydrogen-bond donors (Lipinski definition) is 2. The first-order valence-corrected chi connectivity index (χ1v) is 4.53. The molecule has 2 rings (SSSR count). The van der Waals surface area contributed by atoms with Crippen molar-refractivity contribution in [3.8, 4) is 0 Å². The molecule has 1 saturated heterocycles. The minimum absolute atomic E-state index is 0.277. The number of rotatable bonds is 1. The maximum atomic E-state index is 13.3. The highest BCUT2D eigenvalue weighted by Crippen LogP contribution is 2.25. The van der Waals surface area contributed by atoms with Crippen LogP contribution in [0.25, 0.3) is 0 Å². The molecule has 14 heavy (non-hydrogen) atoms. The molecule has 0 amide bonds. The van der Waals surface area contributed by atoms with Gasteiger partial charge < -0.3 is 10.4 Å². The molecule has 1 aromatic rings. The van der Waals surface area contributed by atoms with E-state index in [0.29, 0.717) is 18.5 Å². The van der Waals surface area contributed by atoms with Gasteiger partial charge in [-0.05, 0) is 24.6 Å². The van der Waals surface area contributed by atoms with E-state index in [9.17, 15) is 13.9 Å². The predicted molar refractivity (Wildman–Crippen MR) is 47.7 cm³/mol. The van der Waals surface area contributed by atoms with Crippen LogP contribution in [-0.2, 0) is 0 Å². The highest BCUT2D eigenvalue weighted by Gasteiger charge is 2.25. The summed E-state index contributed by atoms with van der Waals surface area (Å²) in [6, 6.07) is 3.09. The van der Waals surface area contributed by atoms with Gasteiger partial charge in [-0.3, -0.25) is 0 Å². The summed E-state index contributed by atoms with van der Waals surface area (Å²) in [7, 11) is 0. The lowest BCUT2D eigenvalue weighted by Gasteiger charge is -2.11. The topological polar surface area (TPSA) is 32.3 Å². The maximum Gasteiger partial charge on any atom is 0.128 e. The van der Waals surface area contributed by atoms with Gasteiger partial charge in [-0.15, -0.1) is 0 Å². The Kier molecular flexibility index (Phi) is 2.48. The normalized spacial score (nSPS) is 26.8. The van der Waals surface area contributed by atoms with Crippen molar-refractivity contribution in [2.24, 2.45) is 0 Å². The van der Waals surface area contributed by atoms with Crippen LogP contribution in [0.4, 0.5) is 8.78 Å². The van der Waals surface area contributed by atoms with Crippen molar-refractivity contribution in [1.82, 2.24) is 5.32 Å². The van der Waals surface area contributed by atoms with Crippen LogP contribution >= 0.6 is 0 Å². The summed E-state index contributed by atoms with van der Waals surface area (Å²) in [5.41, 5.74) is 0.293. The van der Waals surface area contributed by atoms with Gasteiger partial charge in [0.1, 0.15) is 11.6 Å². The molecule has 1 fully saturated rings. The number of aliphatic hydroxyl groups is 1. The summed E-state index contributed by atoms with van der Waals surface area (Å²) in [6.07, 6.45) is -0.0388. The van der Waals surface area contributed by atoms with E-state index < -0.39 is 17.7 Å². The average molecular weight is 199 g/mol. The zero-order valence-electron chi connectivity index (χ0n) is 7.50. The molecular weight excluding hydrogens is 188 g/mol. The van der Waals surface area contributed by atoms with E-state index in [1.807, 2.05) is 0 Å². The van der Waals surface area contributed by atoms with E-state index in [-0.39, 0.29) is 6.04 Å². The van der Waals surface area contributed by atoms with Crippen molar-refractivity contribution < 1.29 is 13.9 Å². The largest absolute Gasteiger partial charge is 0.392 e. The lowest BCUT2D eigenvalue weighted by molar-refractivity contribution is 0.193. The highest BCUT2D eigenvalue weighted by atomic mass is 19.1. The van der Waals surface area contributed by atoms with Gasteiger partial charge in [-0.2, -0.15) is 0 Å². The Morgan fingerprint density at radius 1 is 1.36 bits per heavy atom. The number of nitrogens with one attached hydrogen (secondary N) is 1. The fourth-order valence-corrected chi connectivity index (χ4v) is 1.74. The monoisotopic (exact) mass is 199 g/mol. The van der Waals surface area contributed by atoms with E-state index in [0.717, 1.165) is 12.1 Å². The molecule has 1 aliphatic heterocycles. The third-order valence-corrected chi connectivity index (χ3v) is 2.44. The summed E-state index contributed by atoms with van der Waals surface area (Å²) in [6.45, 7) is 0.431. The molecular formula is C10H11F2NO. The second kappa shape index (κ2) is 3.63. The summed E-state index contributed by atoms with van der Waals surface area (Å²) < 4.78 is 26.1. The third-order valence-electron chi connectivity index (χ3n) is 2.44. The first kappa shape index (κ1) is 9.55. The zero-order chi connectivity index (χ0) is 10.1. The fourth-order valence-electron chi connectivity index (χ4n) is 1.74. The Morgan fingerprint density at radius 2 is 2.14 bits per heavy atom. The van der Waals surface area contributed by atoms with Gasteiger partial charge in [-0.1, -0.05) is 0 Å². The smallest absolute Gasteiger partial charge is 0.128 e. The van der Waals surface area contributed by atoms with Gasteiger partial charge in [0, 0.05) is 18.2 Å². The number of halogens is 2. The molecule has 76 valence electrons. The van der Waals surface area contributed by atoms with Crippen LogP contribution in [0.3, 0.4) is 0 Å². The van der Waals surface area contributed by atoms with Gasteiger partial charge in [0.2, 0.25) is 0 Å². The number of β-amino-alcohol motifs (C(OH)–C–C–N with tert-alkyl or cyclic N) is 1. The van der Waals surface area contributed by atoms with Crippen molar-refractivity contribution in [3.05, 3.63) is 35.4 Å². The van der Waals surface area contributed by atoms with Crippen LogP contribution in [0.5, 0.6) is 0 Å². The minimum atomic E-state index is -0.470. The molecule has 4 heteroatoms. The zero-order valence-corrected chi connectivity index (χ0v) is 7.50. The molecule has 1 aliphatic rings. The molecule has 0 spiro atoms. The van der Waals surface area contributed by atoms with Crippen molar-refractivity contribution in [3.63, 3.8) is 0 Å². The Bertz CT molecular complexity index is 343. The molecule has 0 radical (unpaired) electrons. The van der Waals surface area contributed by atoms with E-state index >= 15 is 0 Å². The van der Waals surface area contributed by atoms with Gasteiger partial charge in [-0.25, -0.2) is 8.78 Å². The summed E-state index contributed by atoms with van der Waals surface area (Å²) in [4.78, 5) is 0. The van der Waals surface area contributed by atoms with E-state index in [1.54, 1.807) is 0 Å². The molecule has 2 N–H and O–H groups in total. The van der Waals surface area contributed by atoms with Crippen LogP contribution in [0.15, 0.2) is 18.2 Å². The molecule has 0 aromatic heterocycles. The number of aliphatic hydroxyl groups excluding tert-OH is 1. The van der Waals surface area contributed by atoms with Crippen LogP contribution in [-0.4, -0.2) is 17.8 Å². The SMILES string of the molecule is O[C@H]1CN[C@H](c2cc(F)ccc2F)C1. The maximum absolute atomic E-state index is 13.3. The van der Waals surface area contributed by atoms with Crippen molar-refractivity contribution in [1.29, 1.82) is 0 Å². The van der Waals surface area contributed by atoms with Gasteiger partial charge in [0.15, 0.2) is 0 Å². The third kappa shape index (κ3) is 1.76.